The third kappa shape index (κ3) is 2.94. The Hall–Kier alpha value is -2.54. The zero-order valence-electron chi connectivity index (χ0n) is 13.4. The number of nitrogens with one attached hydrogen (secondary N) is 2. The van der Waals surface area contributed by atoms with Gasteiger partial charge in [0, 0.05) is 6.07 Å². The largest absolute Gasteiger partial charge is 0.417 e. The second-order valence-corrected chi connectivity index (χ2v) is 7.12. The molecule has 0 spiro atoms. The molecule has 3 aromatic rings. The minimum atomic E-state index is -3.79. The molecule has 126 valence electrons. The Labute approximate surface area is 139 Å². The second-order valence-electron chi connectivity index (χ2n) is 5.44. The Morgan fingerprint density at radius 3 is 2.38 bits per heavy atom. The predicted octanol–water partition coefficient (Wildman–Crippen LogP) is 3.05. The second kappa shape index (κ2) is 6.16. The van der Waals surface area contributed by atoms with E-state index in [4.69, 9.17) is 4.42 Å². The van der Waals surface area contributed by atoms with Gasteiger partial charge < -0.3 is 4.42 Å². The van der Waals surface area contributed by atoms with Gasteiger partial charge in [-0.2, -0.15) is 0 Å². The maximum absolute atomic E-state index is 12.7. The number of hydrogen-bond donors (Lipinski definition) is 2. The summed E-state index contributed by atoms with van der Waals surface area (Å²) in [6.45, 7) is 3.96. The molecule has 0 saturated carbocycles. The van der Waals surface area contributed by atoms with Gasteiger partial charge in [-0.1, -0.05) is 32.0 Å². The number of hydrogen-bond acceptors (Lipinski definition) is 4. The van der Waals surface area contributed by atoms with Crippen LogP contribution in [0.1, 0.15) is 25.0 Å². The standard InChI is InChI=1S/C17H18N2O4S/c1-3-11-6-5-7-12(4-2)16(11)19-24(21,22)13-8-9-14-15(10-13)23-17(20)18-14/h5-10,19H,3-4H2,1-2H3,(H,18,20). The van der Waals surface area contributed by atoms with Gasteiger partial charge in [0.25, 0.3) is 10.0 Å². The first-order chi connectivity index (χ1) is 11.4. The van der Waals surface area contributed by atoms with E-state index in [-0.39, 0.29) is 10.5 Å². The number of fused-ring (bicyclic) bond motifs is 1. The van der Waals surface area contributed by atoms with Gasteiger partial charge in [-0.05, 0) is 36.1 Å². The number of para-hydroxylation sites is 1. The van der Waals surface area contributed by atoms with Gasteiger partial charge >= 0.3 is 5.76 Å². The molecule has 0 saturated heterocycles. The Morgan fingerprint density at radius 1 is 1.08 bits per heavy atom. The van der Waals surface area contributed by atoms with Crippen molar-refractivity contribution in [3.8, 4) is 0 Å². The number of aryl methyl sites for hydroxylation is 2. The molecule has 1 aromatic heterocycles. The van der Waals surface area contributed by atoms with E-state index in [1.807, 2.05) is 32.0 Å². The first kappa shape index (κ1) is 16.3. The third-order valence-electron chi connectivity index (χ3n) is 3.94. The molecule has 0 amide bonds. The highest BCUT2D eigenvalue weighted by Gasteiger charge is 2.19. The van der Waals surface area contributed by atoms with E-state index in [2.05, 4.69) is 9.71 Å². The zero-order valence-corrected chi connectivity index (χ0v) is 14.2. The summed E-state index contributed by atoms with van der Waals surface area (Å²) in [5.41, 5.74) is 3.17. The number of aromatic nitrogens is 1. The number of oxazole rings is 1. The molecule has 2 N–H and O–H groups in total. The van der Waals surface area contributed by atoms with Gasteiger partial charge in [0.15, 0.2) is 5.58 Å². The van der Waals surface area contributed by atoms with Gasteiger partial charge in [-0.25, -0.2) is 13.2 Å². The fourth-order valence-corrected chi connectivity index (χ4v) is 3.82. The SMILES string of the molecule is CCc1cccc(CC)c1NS(=O)(=O)c1ccc2[nH]c(=O)oc2c1. The smallest absolute Gasteiger partial charge is 0.408 e. The van der Waals surface area contributed by atoms with Crippen molar-refractivity contribution in [1.82, 2.24) is 4.98 Å². The minimum Gasteiger partial charge on any atom is -0.408 e. The molecule has 0 aliphatic rings. The highest BCUT2D eigenvalue weighted by molar-refractivity contribution is 7.92. The van der Waals surface area contributed by atoms with Crippen LogP contribution < -0.4 is 10.5 Å². The van der Waals surface area contributed by atoms with E-state index in [1.165, 1.54) is 18.2 Å². The summed E-state index contributed by atoms with van der Waals surface area (Å²) in [4.78, 5) is 13.8. The first-order valence-electron chi connectivity index (χ1n) is 7.71. The molecule has 0 atom stereocenters. The number of sulfonamides is 1. The van der Waals surface area contributed by atoms with Crippen LogP contribution in [-0.2, 0) is 22.9 Å². The zero-order chi connectivity index (χ0) is 17.3. The summed E-state index contributed by atoms with van der Waals surface area (Å²) in [6.07, 6.45) is 1.44. The number of rotatable bonds is 5. The number of anilines is 1. The lowest BCUT2D eigenvalue weighted by Crippen LogP contribution is -2.15. The summed E-state index contributed by atoms with van der Waals surface area (Å²) in [5, 5.41) is 0. The van der Waals surface area contributed by atoms with Crippen LogP contribution in [0.5, 0.6) is 0 Å². The van der Waals surface area contributed by atoms with Crippen LogP contribution in [0, 0.1) is 0 Å². The van der Waals surface area contributed by atoms with Crippen LogP contribution >= 0.6 is 0 Å². The normalized spacial score (nSPS) is 11.8. The van der Waals surface area contributed by atoms with Crippen molar-refractivity contribution in [2.24, 2.45) is 0 Å². The summed E-state index contributed by atoms with van der Waals surface area (Å²) in [6, 6.07) is 10.0. The maximum Gasteiger partial charge on any atom is 0.417 e. The van der Waals surface area contributed by atoms with Crippen LogP contribution in [0.3, 0.4) is 0 Å². The molecule has 0 unspecified atom stereocenters. The van der Waals surface area contributed by atoms with Gasteiger partial charge in [0.05, 0.1) is 16.1 Å². The van der Waals surface area contributed by atoms with Crippen molar-refractivity contribution in [2.45, 2.75) is 31.6 Å². The molecule has 0 radical (unpaired) electrons. The Balaban J connectivity index is 2.06. The number of benzene rings is 2. The lowest BCUT2D eigenvalue weighted by molar-refractivity contribution is 0.554. The quantitative estimate of drug-likeness (QED) is 0.743. The van der Waals surface area contributed by atoms with Crippen molar-refractivity contribution in [3.63, 3.8) is 0 Å². The molecular weight excluding hydrogens is 328 g/mol. The number of H-pyrrole nitrogens is 1. The summed E-state index contributed by atoms with van der Waals surface area (Å²) >= 11 is 0. The molecule has 3 rings (SSSR count). The lowest BCUT2D eigenvalue weighted by atomic mass is 10.0. The fraction of sp³-hybridized carbons (Fsp3) is 0.235. The van der Waals surface area contributed by atoms with Crippen molar-refractivity contribution in [1.29, 1.82) is 0 Å². The van der Waals surface area contributed by atoms with Crippen molar-refractivity contribution < 1.29 is 12.8 Å². The predicted molar refractivity (Wildman–Crippen MR) is 92.8 cm³/mol. The molecule has 0 aliphatic heterocycles. The molecular formula is C17H18N2O4S. The van der Waals surface area contributed by atoms with Crippen LogP contribution in [-0.4, -0.2) is 13.4 Å². The van der Waals surface area contributed by atoms with Gasteiger partial charge in [-0.15, -0.1) is 0 Å². The molecule has 2 aromatic carbocycles. The monoisotopic (exact) mass is 346 g/mol. The van der Waals surface area contributed by atoms with Gasteiger partial charge in [0.2, 0.25) is 0 Å². The molecule has 7 heteroatoms. The van der Waals surface area contributed by atoms with E-state index in [9.17, 15) is 13.2 Å². The summed E-state index contributed by atoms with van der Waals surface area (Å²) in [7, 11) is -3.79. The average molecular weight is 346 g/mol. The van der Waals surface area contributed by atoms with Gasteiger partial charge in [-0.3, -0.25) is 9.71 Å². The van der Waals surface area contributed by atoms with Crippen molar-refractivity contribution >= 4 is 26.8 Å². The van der Waals surface area contributed by atoms with Crippen LogP contribution in [0.2, 0.25) is 0 Å². The van der Waals surface area contributed by atoms with Crippen LogP contribution in [0.4, 0.5) is 5.69 Å². The third-order valence-corrected chi connectivity index (χ3v) is 5.29. The molecule has 0 fully saturated rings. The maximum atomic E-state index is 12.7. The van der Waals surface area contributed by atoms with Crippen LogP contribution in [0.25, 0.3) is 11.1 Å². The first-order valence-corrected chi connectivity index (χ1v) is 9.19. The highest BCUT2D eigenvalue weighted by Crippen LogP contribution is 2.26. The van der Waals surface area contributed by atoms with Crippen molar-refractivity contribution in [3.05, 3.63) is 58.1 Å². The van der Waals surface area contributed by atoms with E-state index >= 15 is 0 Å². The fourth-order valence-electron chi connectivity index (χ4n) is 2.66. The molecule has 24 heavy (non-hydrogen) atoms. The van der Waals surface area contributed by atoms with E-state index in [1.54, 1.807) is 0 Å². The highest BCUT2D eigenvalue weighted by atomic mass is 32.2. The minimum absolute atomic E-state index is 0.0470. The molecule has 6 nitrogen and oxygen atoms in total. The molecule has 1 heterocycles. The van der Waals surface area contributed by atoms with E-state index in [0.717, 1.165) is 24.0 Å². The Morgan fingerprint density at radius 2 is 1.75 bits per heavy atom. The molecule has 0 aliphatic carbocycles. The topological polar surface area (TPSA) is 92.2 Å². The summed E-state index contributed by atoms with van der Waals surface area (Å²) in [5.74, 6) is -0.614. The molecule has 0 bridgehead atoms. The van der Waals surface area contributed by atoms with Crippen LogP contribution in [0.15, 0.2) is 50.5 Å². The van der Waals surface area contributed by atoms with E-state index < -0.39 is 15.8 Å². The average Bonchev–Trinajstić information content (AvgIpc) is 2.93. The lowest BCUT2D eigenvalue weighted by Gasteiger charge is -2.15. The summed E-state index contributed by atoms with van der Waals surface area (Å²) < 4.78 is 33.1. The Bertz CT molecular complexity index is 1030. The van der Waals surface area contributed by atoms with E-state index in [0.29, 0.717) is 11.2 Å². The van der Waals surface area contributed by atoms with Crippen molar-refractivity contribution in [2.75, 3.05) is 4.72 Å². The Kier molecular flexibility index (Phi) is 4.19. The van der Waals surface area contributed by atoms with Gasteiger partial charge in [0.1, 0.15) is 0 Å². The number of aromatic amines is 1.